The highest BCUT2D eigenvalue weighted by Gasteiger charge is 2.61. The van der Waals surface area contributed by atoms with E-state index < -0.39 is 0 Å². The molecular weight excluding hydrogens is 136 g/mol. The molecule has 0 radical (unpaired) electrons. The van der Waals surface area contributed by atoms with E-state index in [1.807, 2.05) is 6.92 Å². The molecule has 1 saturated carbocycles. The minimum Gasteiger partial charge on any atom is -0.388 e. The van der Waals surface area contributed by atoms with Crippen molar-refractivity contribution < 1.29 is 5.11 Å². The summed E-state index contributed by atoms with van der Waals surface area (Å²) in [6.45, 7) is 6.56. The molecule has 1 nitrogen and oxygen atoms in total. The lowest BCUT2D eigenvalue weighted by molar-refractivity contribution is 0.164. The summed E-state index contributed by atoms with van der Waals surface area (Å²) in [6.07, 6.45) is 3.23. The first-order chi connectivity index (χ1) is 5.05. The van der Waals surface area contributed by atoms with Gasteiger partial charge >= 0.3 is 0 Å². The topological polar surface area (TPSA) is 20.2 Å². The number of hydrogen-bond donors (Lipinski definition) is 1. The predicted molar refractivity (Wildman–Crippen MR) is 45.1 cm³/mol. The van der Waals surface area contributed by atoms with Crippen LogP contribution in [0.2, 0.25) is 0 Å². The van der Waals surface area contributed by atoms with Crippen molar-refractivity contribution in [2.45, 2.75) is 33.3 Å². The smallest absolute Gasteiger partial charge is 0.0783 e. The van der Waals surface area contributed by atoms with Gasteiger partial charge in [-0.1, -0.05) is 19.9 Å². The molecule has 1 heteroatoms. The molecule has 1 fully saturated rings. The Balaban J connectivity index is 2.22. The van der Waals surface area contributed by atoms with Crippen molar-refractivity contribution in [1.29, 1.82) is 0 Å². The summed E-state index contributed by atoms with van der Waals surface area (Å²) in [7, 11) is 0. The van der Waals surface area contributed by atoms with Gasteiger partial charge in [0, 0.05) is 0 Å². The van der Waals surface area contributed by atoms with Gasteiger partial charge in [0.05, 0.1) is 6.10 Å². The Morgan fingerprint density at radius 1 is 1.55 bits per heavy atom. The summed E-state index contributed by atoms with van der Waals surface area (Å²) in [5, 5.41) is 9.76. The molecule has 1 N–H and O–H groups in total. The third kappa shape index (κ3) is 0.807. The lowest BCUT2D eigenvalue weighted by Gasteiger charge is -2.15. The number of fused-ring (bicyclic) bond motifs is 1. The molecular formula is C10H16O. The van der Waals surface area contributed by atoms with Gasteiger partial charge in [-0.05, 0) is 36.2 Å². The van der Waals surface area contributed by atoms with Gasteiger partial charge in [0.15, 0.2) is 0 Å². The minimum absolute atomic E-state index is 0.149. The Kier molecular flexibility index (Phi) is 1.26. The lowest BCUT2D eigenvalue weighted by atomic mass is 9.98. The first-order valence-electron chi connectivity index (χ1n) is 4.40. The van der Waals surface area contributed by atoms with Crippen LogP contribution in [-0.2, 0) is 0 Å². The van der Waals surface area contributed by atoms with Crippen molar-refractivity contribution in [3.05, 3.63) is 11.6 Å². The molecule has 0 spiro atoms. The molecule has 62 valence electrons. The van der Waals surface area contributed by atoms with Crippen LogP contribution in [0.1, 0.15) is 27.2 Å². The van der Waals surface area contributed by atoms with E-state index in [0.29, 0.717) is 11.3 Å². The quantitative estimate of drug-likeness (QED) is 0.526. The molecule has 11 heavy (non-hydrogen) atoms. The summed E-state index contributed by atoms with van der Waals surface area (Å²) in [5.41, 5.74) is 1.57. The molecule has 2 rings (SSSR count). The number of aliphatic hydroxyl groups is 1. The summed E-state index contributed by atoms with van der Waals surface area (Å²) in [5.74, 6) is 1.30. The molecule has 0 aromatic rings. The Morgan fingerprint density at radius 2 is 2.18 bits per heavy atom. The van der Waals surface area contributed by atoms with E-state index in [4.69, 9.17) is 0 Å². The van der Waals surface area contributed by atoms with E-state index in [1.54, 1.807) is 0 Å². The molecule has 0 saturated heterocycles. The Labute approximate surface area is 68.1 Å². The molecule has 0 unspecified atom stereocenters. The van der Waals surface area contributed by atoms with E-state index in [9.17, 15) is 5.11 Å². The van der Waals surface area contributed by atoms with Crippen LogP contribution in [-0.4, -0.2) is 11.2 Å². The monoisotopic (exact) mass is 152 g/mol. The van der Waals surface area contributed by atoms with Crippen LogP contribution < -0.4 is 0 Å². The fraction of sp³-hybridized carbons (Fsp3) is 0.800. The number of hydrogen-bond acceptors (Lipinski definition) is 1. The standard InChI is InChI=1S/C10H16O/c1-6-4-5-7-8(9(6)11)10(7,2)3/h4,7-9,11H,5H2,1-3H3/t7-,8-,9-/m1/s1. The fourth-order valence-corrected chi connectivity index (χ4v) is 2.58. The van der Waals surface area contributed by atoms with Crippen molar-refractivity contribution >= 4 is 0 Å². The molecule has 0 heterocycles. The molecule has 0 amide bonds. The normalized spacial score (nSPS) is 46.2. The van der Waals surface area contributed by atoms with E-state index in [-0.39, 0.29) is 6.10 Å². The van der Waals surface area contributed by atoms with Crippen molar-refractivity contribution in [1.82, 2.24) is 0 Å². The third-order valence-electron chi connectivity index (χ3n) is 3.64. The first kappa shape index (κ1) is 7.35. The van der Waals surface area contributed by atoms with Gasteiger partial charge < -0.3 is 5.11 Å². The van der Waals surface area contributed by atoms with Crippen molar-refractivity contribution in [2.24, 2.45) is 17.3 Å². The van der Waals surface area contributed by atoms with Crippen molar-refractivity contribution in [2.75, 3.05) is 0 Å². The Morgan fingerprint density at radius 3 is 2.73 bits per heavy atom. The summed E-state index contributed by atoms with van der Waals surface area (Å²) >= 11 is 0. The second-order valence-electron chi connectivity index (χ2n) is 4.58. The SMILES string of the molecule is CC1=CC[C@@H]2[C@H]([C@@H]1O)C2(C)C. The van der Waals surface area contributed by atoms with Crippen LogP contribution in [0.5, 0.6) is 0 Å². The van der Waals surface area contributed by atoms with Gasteiger partial charge in [-0.3, -0.25) is 0 Å². The van der Waals surface area contributed by atoms with E-state index in [0.717, 1.165) is 5.92 Å². The number of aliphatic hydroxyl groups excluding tert-OH is 1. The van der Waals surface area contributed by atoms with Gasteiger partial charge in [0.25, 0.3) is 0 Å². The molecule has 2 aliphatic carbocycles. The molecule has 0 aromatic carbocycles. The summed E-state index contributed by atoms with van der Waals surface area (Å²) < 4.78 is 0. The minimum atomic E-state index is -0.149. The highest BCUT2D eigenvalue weighted by molar-refractivity contribution is 5.24. The zero-order chi connectivity index (χ0) is 8.22. The molecule has 0 aromatic heterocycles. The maximum Gasteiger partial charge on any atom is 0.0783 e. The second-order valence-corrected chi connectivity index (χ2v) is 4.58. The molecule has 0 bridgehead atoms. The van der Waals surface area contributed by atoms with Gasteiger partial charge in [-0.15, -0.1) is 0 Å². The van der Waals surface area contributed by atoms with E-state index in [1.165, 1.54) is 12.0 Å². The number of allylic oxidation sites excluding steroid dienone is 1. The zero-order valence-electron chi connectivity index (χ0n) is 7.46. The van der Waals surface area contributed by atoms with Crippen molar-refractivity contribution in [3.63, 3.8) is 0 Å². The van der Waals surface area contributed by atoms with E-state index >= 15 is 0 Å². The predicted octanol–water partition coefficient (Wildman–Crippen LogP) is 1.97. The highest BCUT2D eigenvalue weighted by atomic mass is 16.3. The van der Waals surface area contributed by atoms with Gasteiger partial charge in [-0.25, -0.2) is 0 Å². The average molecular weight is 152 g/mol. The van der Waals surface area contributed by atoms with Crippen LogP contribution >= 0.6 is 0 Å². The van der Waals surface area contributed by atoms with Gasteiger partial charge in [0.1, 0.15) is 0 Å². The fourth-order valence-electron chi connectivity index (χ4n) is 2.58. The molecule has 3 atom stereocenters. The zero-order valence-corrected chi connectivity index (χ0v) is 7.46. The van der Waals surface area contributed by atoms with Crippen LogP contribution in [0.4, 0.5) is 0 Å². The third-order valence-corrected chi connectivity index (χ3v) is 3.64. The number of rotatable bonds is 0. The summed E-state index contributed by atoms with van der Waals surface area (Å²) in [4.78, 5) is 0. The molecule has 2 aliphatic rings. The van der Waals surface area contributed by atoms with Crippen LogP contribution in [0.25, 0.3) is 0 Å². The van der Waals surface area contributed by atoms with Gasteiger partial charge in [0.2, 0.25) is 0 Å². The van der Waals surface area contributed by atoms with Crippen LogP contribution in [0, 0.1) is 17.3 Å². The Bertz CT molecular complexity index is 215. The highest BCUT2D eigenvalue weighted by Crippen LogP contribution is 2.64. The maximum absolute atomic E-state index is 9.76. The summed E-state index contributed by atoms with van der Waals surface area (Å²) in [6, 6.07) is 0. The Hall–Kier alpha value is -0.300. The van der Waals surface area contributed by atoms with Gasteiger partial charge in [-0.2, -0.15) is 0 Å². The van der Waals surface area contributed by atoms with Crippen molar-refractivity contribution in [3.8, 4) is 0 Å². The second kappa shape index (κ2) is 1.89. The van der Waals surface area contributed by atoms with E-state index in [2.05, 4.69) is 19.9 Å². The lowest BCUT2D eigenvalue weighted by Crippen LogP contribution is -2.16. The van der Waals surface area contributed by atoms with Crippen LogP contribution in [0.3, 0.4) is 0 Å². The largest absolute Gasteiger partial charge is 0.388 e. The first-order valence-corrected chi connectivity index (χ1v) is 4.40. The molecule has 0 aliphatic heterocycles. The van der Waals surface area contributed by atoms with Crippen LogP contribution in [0.15, 0.2) is 11.6 Å². The maximum atomic E-state index is 9.76. The average Bonchev–Trinajstić information content (AvgIpc) is 2.46.